The van der Waals surface area contributed by atoms with Gasteiger partial charge in [-0.15, -0.1) is 0 Å². The maximum atomic E-state index is 11.7. The third-order valence-corrected chi connectivity index (χ3v) is 5.83. The lowest BCUT2D eigenvalue weighted by molar-refractivity contribution is 0.0409. The molecule has 30 heavy (non-hydrogen) atoms. The molecule has 2 aliphatic rings. The monoisotopic (exact) mass is 419 g/mol. The Morgan fingerprint density at radius 2 is 1.70 bits per heavy atom. The first kappa shape index (κ1) is 24.5. The number of hydrogen-bond acceptors (Lipinski definition) is 5. The van der Waals surface area contributed by atoms with E-state index < -0.39 is 5.60 Å². The second-order valence-electron chi connectivity index (χ2n) is 9.79. The molecule has 0 atom stereocenters. The van der Waals surface area contributed by atoms with Crippen LogP contribution in [0.25, 0.3) is 0 Å². The summed E-state index contributed by atoms with van der Waals surface area (Å²) < 4.78 is 10.5. The highest BCUT2D eigenvalue weighted by atomic mass is 16.6. The lowest BCUT2D eigenvalue weighted by Crippen LogP contribution is -2.53. The van der Waals surface area contributed by atoms with Crippen molar-refractivity contribution in [2.45, 2.75) is 83.6 Å². The van der Waals surface area contributed by atoms with Crippen LogP contribution in [-0.2, 0) is 11.3 Å². The van der Waals surface area contributed by atoms with E-state index in [9.17, 15) is 4.79 Å². The van der Waals surface area contributed by atoms with Crippen molar-refractivity contribution in [3.8, 4) is 5.75 Å². The summed E-state index contributed by atoms with van der Waals surface area (Å²) in [6.07, 6.45) is 4.38. The molecule has 1 aromatic carbocycles. The molecule has 0 aliphatic heterocycles. The van der Waals surface area contributed by atoms with Crippen molar-refractivity contribution < 1.29 is 14.3 Å². The molecule has 2 N–H and O–H groups in total. The quantitative estimate of drug-likeness (QED) is 0.724. The Labute approximate surface area is 182 Å². The first-order chi connectivity index (χ1) is 14.1. The van der Waals surface area contributed by atoms with Crippen molar-refractivity contribution in [2.24, 2.45) is 5.92 Å². The summed E-state index contributed by atoms with van der Waals surface area (Å²) in [4.78, 5) is 14.1. The van der Waals surface area contributed by atoms with Gasteiger partial charge in [-0.2, -0.15) is 0 Å². The van der Waals surface area contributed by atoms with Crippen LogP contribution in [0.5, 0.6) is 5.75 Å². The highest BCUT2D eigenvalue weighted by Crippen LogP contribution is 2.27. The number of carbonyl (C=O) groups is 1. The smallest absolute Gasteiger partial charge is 0.407 e. The van der Waals surface area contributed by atoms with Gasteiger partial charge in [-0.05, 0) is 84.2 Å². The average Bonchev–Trinajstić information content (AvgIpc) is 2.61. The first-order valence-corrected chi connectivity index (χ1v) is 11.1. The van der Waals surface area contributed by atoms with Crippen LogP contribution < -0.4 is 15.4 Å². The Morgan fingerprint density at radius 1 is 1.10 bits per heavy atom. The molecule has 0 bridgehead atoms. The summed E-state index contributed by atoms with van der Waals surface area (Å²) in [7, 11) is 5.84. The molecule has 6 heteroatoms. The van der Waals surface area contributed by atoms with Crippen molar-refractivity contribution in [3.63, 3.8) is 0 Å². The fourth-order valence-electron chi connectivity index (χ4n) is 3.83. The zero-order valence-electron chi connectivity index (χ0n) is 19.8. The molecular formula is C24H41N3O3. The van der Waals surface area contributed by atoms with Gasteiger partial charge in [0.15, 0.2) is 0 Å². The number of ether oxygens (including phenoxy) is 2. The zero-order valence-corrected chi connectivity index (χ0v) is 19.8. The van der Waals surface area contributed by atoms with Gasteiger partial charge in [-0.3, -0.25) is 4.90 Å². The molecule has 2 aliphatic carbocycles. The van der Waals surface area contributed by atoms with E-state index in [4.69, 9.17) is 9.47 Å². The van der Waals surface area contributed by atoms with Crippen LogP contribution in [-0.4, -0.2) is 55.9 Å². The molecule has 0 saturated heterocycles. The Balaban J connectivity index is 0.000000386. The van der Waals surface area contributed by atoms with Crippen molar-refractivity contribution in [1.29, 1.82) is 0 Å². The molecule has 2 saturated carbocycles. The van der Waals surface area contributed by atoms with Gasteiger partial charge in [-0.25, -0.2) is 4.79 Å². The molecule has 170 valence electrons. The molecule has 0 radical (unpaired) electrons. The normalized spacial score (nSPS) is 25.3. The average molecular weight is 420 g/mol. The standard InChI is InChI=1S/C18H28N2O3.C6H13N/c1-18(2,3)23-17(21)19-14-10-15(11-14)20(4)12-13-6-8-16(22-5)9-7-13;1-5-3-6(4-5)7-2/h6-9,14-15H,10-12H2,1-5H3,(H,19,21);5-7H,3-4H2,1-2H3. The van der Waals surface area contributed by atoms with Crippen molar-refractivity contribution >= 4 is 6.09 Å². The number of rotatable bonds is 6. The molecule has 0 heterocycles. The minimum atomic E-state index is -0.446. The summed E-state index contributed by atoms with van der Waals surface area (Å²) in [5.41, 5.74) is 0.815. The number of benzene rings is 1. The van der Waals surface area contributed by atoms with E-state index in [2.05, 4.69) is 41.6 Å². The van der Waals surface area contributed by atoms with Gasteiger partial charge in [0.25, 0.3) is 0 Å². The second kappa shape index (κ2) is 11.0. The minimum Gasteiger partial charge on any atom is -0.497 e. The Kier molecular flexibility index (Phi) is 8.98. The Bertz CT molecular complexity index is 645. The van der Waals surface area contributed by atoms with Crippen LogP contribution >= 0.6 is 0 Å². The van der Waals surface area contributed by atoms with E-state index in [-0.39, 0.29) is 12.1 Å². The summed E-state index contributed by atoms with van der Waals surface area (Å²) in [6, 6.07) is 9.70. The predicted molar refractivity (Wildman–Crippen MR) is 122 cm³/mol. The number of nitrogens with zero attached hydrogens (tertiary/aromatic N) is 1. The van der Waals surface area contributed by atoms with Crippen molar-refractivity contribution in [2.75, 3.05) is 21.2 Å². The molecular weight excluding hydrogens is 378 g/mol. The summed E-state index contributed by atoms with van der Waals surface area (Å²) >= 11 is 0. The van der Waals surface area contributed by atoms with Crippen LogP contribution in [0.2, 0.25) is 0 Å². The number of nitrogens with one attached hydrogen (secondary N) is 2. The Morgan fingerprint density at radius 3 is 2.13 bits per heavy atom. The maximum absolute atomic E-state index is 11.7. The molecule has 3 rings (SSSR count). The number of amides is 1. The largest absolute Gasteiger partial charge is 0.497 e. The second-order valence-corrected chi connectivity index (χ2v) is 9.79. The molecule has 1 aromatic rings. The van der Waals surface area contributed by atoms with Gasteiger partial charge in [0, 0.05) is 24.7 Å². The van der Waals surface area contributed by atoms with Crippen molar-refractivity contribution in [3.05, 3.63) is 29.8 Å². The lowest BCUT2D eigenvalue weighted by Gasteiger charge is -2.41. The van der Waals surface area contributed by atoms with Gasteiger partial charge in [0.2, 0.25) is 0 Å². The lowest BCUT2D eigenvalue weighted by atomic mass is 9.82. The van der Waals surface area contributed by atoms with Gasteiger partial charge in [-0.1, -0.05) is 19.1 Å². The first-order valence-electron chi connectivity index (χ1n) is 11.1. The van der Waals surface area contributed by atoms with Gasteiger partial charge in [0.05, 0.1) is 7.11 Å². The van der Waals surface area contributed by atoms with Gasteiger partial charge >= 0.3 is 6.09 Å². The van der Waals surface area contributed by atoms with E-state index in [1.807, 2.05) is 40.0 Å². The summed E-state index contributed by atoms with van der Waals surface area (Å²) in [5, 5.41) is 6.16. The fourth-order valence-corrected chi connectivity index (χ4v) is 3.83. The SMILES string of the molecule is CNC1CC(C)C1.COc1ccc(CN(C)C2CC(NC(=O)OC(C)(C)C)C2)cc1. The molecule has 6 nitrogen and oxygen atoms in total. The molecule has 1 amide bonds. The van der Waals surface area contributed by atoms with Crippen LogP contribution in [0, 0.1) is 5.92 Å². The van der Waals surface area contributed by atoms with Crippen LogP contribution in [0.3, 0.4) is 0 Å². The molecule has 0 unspecified atom stereocenters. The number of carbonyl (C=O) groups excluding carboxylic acids is 1. The van der Waals surface area contributed by atoms with Gasteiger partial charge < -0.3 is 20.1 Å². The van der Waals surface area contributed by atoms with E-state index in [1.54, 1.807) is 7.11 Å². The van der Waals surface area contributed by atoms with Crippen LogP contribution in [0.15, 0.2) is 24.3 Å². The van der Waals surface area contributed by atoms with Crippen LogP contribution in [0.4, 0.5) is 4.79 Å². The fraction of sp³-hybridized carbons (Fsp3) is 0.708. The summed E-state index contributed by atoms with van der Waals surface area (Å²) in [5.74, 6) is 1.86. The van der Waals surface area contributed by atoms with Crippen molar-refractivity contribution in [1.82, 2.24) is 15.5 Å². The van der Waals surface area contributed by atoms with E-state index in [1.165, 1.54) is 18.4 Å². The predicted octanol–water partition coefficient (Wildman–Crippen LogP) is 4.19. The van der Waals surface area contributed by atoms with E-state index in [0.29, 0.717) is 6.04 Å². The highest BCUT2D eigenvalue weighted by Gasteiger charge is 2.34. The maximum Gasteiger partial charge on any atom is 0.407 e. The summed E-state index contributed by atoms with van der Waals surface area (Å²) in [6.45, 7) is 8.82. The molecule has 0 aromatic heterocycles. The molecule has 2 fully saturated rings. The zero-order chi connectivity index (χ0) is 22.3. The molecule has 0 spiro atoms. The number of hydrogen-bond donors (Lipinski definition) is 2. The Hall–Kier alpha value is -1.79. The van der Waals surface area contributed by atoms with E-state index in [0.717, 1.165) is 37.1 Å². The number of alkyl carbamates (subject to hydrolysis) is 1. The third-order valence-electron chi connectivity index (χ3n) is 5.83. The topological polar surface area (TPSA) is 62.8 Å². The minimum absolute atomic E-state index is 0.216. The highest BCUT2D eigenvalue weighted by molar-refractivity contribution is 5.68. The van der Waals surface area contributed by atoms with Crippen LogP contribution in [0.1, 0.15) is 58.9 Å². The van der Waals surface area contributed by atoms with E-state index >= 15 is 0 Å². The number of methoxy groups -OCH3 is 1. The third kappa shape index (κ3) is 8.15. The van der Waals surface area contributed by atoms with Gasteiger partial charge in [0.1, 0.15) is 11.4 Å².